The third-order valence-electron chi connectivity index (χ3n) is 5.54. The Labute approximate surface area is 106 Å². The lowest BCUT2D eigenvalue weighted by Gasteiger charge is -2.45. The summed E-state index contributed by atoms with van der Waals surface area (Å²) in [5, 5.41) is 9.57. The van der Waals surface area contributed by atoms with E-state index in [1.54, 1.807) is 0 Å². The topological polar surface area (TPSA) is 23.5 Å². The Bertz CT molecular complexity index is 219. The number of likely N-dealkylation sites (tertiary alicyclic amines) is 1. The molecule has 0 aromatic carbocycles. The van der Waals surface area contributed by atoms with Crippen LogP contribution in [0.5, 0.6) is 0 Å². The first kappa shape index (κ1) is 13.4. The van der Waals surface area contributed by atoms with Crippen molar-refractivity contribution < 1.29 is 5.11 Å². The van der Waals surface area contributed by atoms with Gasteiger partial charge >= 0.3 is 0 Å². The molecule has 0 spiro atoms. The van der Waals surface area contributed by atoms with E-state index in [0.29, 0.717) is 5.41 Å². The first-order chi connectivity index (χ1) is 8.19. The molecular formula is C15H29NO. The summed E-state index contributed by atoms with van der Waals surface area (Å²) < 4.78 is 0. The van der Waals surface area contributed by atoms with Crippen molar-refractivity contribution in [3.05, 3.63) is 0 Å². The molecule has 2 nitrogen and oxygen atoms in total. The minimum Gasteiger partial charge on any atom is -0.393 e. The molecule has 2 aliphatic rings. The number of piperidine rings is 1. The van der Waals surface area contributed by atoms with Crippen LogP contribution in [0, 0.1) is 5.41 Å². The third kappa shape index (κ3) is 3.03. The van der Waals surface area contributed by atoms with Crippen LogP contribution in [-0.2, 0) is 0 Å². The summed E-state index contributed by atoms with van der Waals surface area (Å²) in [6, 6.07) is 0.769. The van der Waals surface area contributed by atoms with Gasteiger partial charge in [-0.05, 0) is 57.0 Å². The molecule has 2 heteroatoms. The van der Waals surface area contributed by atoms with Gasteiger partial charge in [0.25, 0.3) is 0 Å². The van der Waals surface area contributed by atoms with Crippen molar-refractivity contribution in [1.29, 1.82) is 0 Å². The number of aliphatic hydroxyl groups excluding tert-OH is 1. The number of aliphatic hydroxyl groups is 1. The van der Waals surface area contributed by atoms with Gasteiger partial charge in [0.05, 0.1) is 6.10 Å². The maximum atomic E-state index is 9.57. The highest BCUT2D eigenvalue weighted by Gasteiger charge is 2.34. The van der Waals surface area contributed by atoms with Gasteiger partial charge in [0.1, 0.15) is 0 Å². The smallest absolute Gasteiger partial charge is 0.0541 e. The van der Waals surface area contributed by atoms with Crippen molar-refractivity contribution in [3.63, 3.8) is 0 Å². The van der Waals surface area contributed by atoms with Crippen LogP contribution in [0.25, 0.3) is 0 Å². The van der Waals surface area contributed by atoms with Crippen molar-refractivity contribution in [2.45, 2.75) is 77.4 Å². The SMILES string of the molecule is CCC1(CC)CCN(C2CCC(O)CC2)CC1. The van der Waals surface area contributed by atoms with Crippen LogP contribution in [-0.4, -0.2) is 35.2 Å². The monoisotopic (exact) mass is 239 g/mol. The van der Waals surface area contributed by atoms with Crippen molar-refractivity contribution in [2.75, 3.05) is 13.1 Å². The van der Waals surface area contributed by atoms with Crippen LogP contribution in [0.15, 0.2) is 0 Å². The number of rotatable bonds is 3. The predicted molar refractivity (Wildman–Crippen MR) is 72.1 cm³/mol. The Balaban J connectivity index is 1.82. The quantitative estimate of drug-likeness (QED) is 0.817. The van der Waals surface area contributed by atoms with Crippen LogP contribution >= 0.6 is 0 Å². The van der Waals surface area contributed by atoms with Gasteiger partial charge in [-0.2, -0.15) is 0 Å². The molecule has 1 N–H and O–H groups in total. The molecule has 1 aliphatic carbocycles. The molecule has 0 atom stereocenters. The highest BCUT2D eigenvalue weighted by atomic mass is 16.3. The lowest BCUT2D eigenvalue weighted by Crippen LogP contribution is -2.46. The molecule has 1 saturated heterocycles. The first-order valence-electron chi connectivity index (χ1n) is 7.61. The zero-order valence-electron chi connectivity index (χ0n) is 11.6. The van der Waals surface area contributed by atoms with E-state index in [-0.39, 0.29) is 6.10 Å². The summed E-state index contributed by atoms with van der Waals surface area (Å²) in [5.41, 5.74) is 0.644. The molecule has 100 valence electrons. The largest absolute Gasteiger partial charge is 0.393 e. The first-order valence-corrected chi connectivity index (χ1v) is 7.61. The third-order valence-corrected chi connectivity index (χ3v) is 5.54. The van der Waals surface area contributed by atoms with Crippen molar-refractivity contribution >= 4 is 0 Å². The lowest BCUT2D eigenvalue weighted by molar-refractivity contribution is 0.0289. The highest BCUT2D eigenvalue weighted by molar-refractivity contribution is 4.88. The summed E-state index contributed by atoms with van der Waals surface area (Å²) in [4.78, 5) is 2.70. The van der Waals surface area contributed by atoms with E-state index < -0.39 is 0 Å². The minimum absolute atomic E-state index is 0.0126. The van der Waals surface area contributed by atoms with E-state index in [1.807, 2.05) is 0 Å². The van der Waals surface area contributed by atoms with E-state index in [9.17, 15) is 5.11 Å². The number of hydrogen-bond donors (Lipinski definition) is 1. The molecule has 1 aliphatic heterocycles. The van der Waals surface area contributed by atoms with E-state index in [0.717, 1.165) is 18.9 Å². The molecule has 0 aromatic rings. The summed E-state index contributed by atoms with van der Waals surface area (Å²) in [5.74, 6) is 0. The second kappa shape index (κ2) is 5.71. The van der Waals surface area contributed by atoms with Crippen molar-refractivity contribution in [3.8, 4) is 0 Å². The Morgan fingerprint density at radius 1 is 1.00 bits per heavy atom. The van der Waals surface area contributed by atoms with Crippen LogP contribution in [0.1, 0.15) is 65.2 Å². The maximum Gasteiger partial charge on any atom is 0.0541 e. The Kier molecular flexibility index (Phi) is 4.48. The zero-order valence-corrected chi connectivity index (χ0v) is 11.6. The molecule has 0 radical (unpaired) electrons. The van der Waals surface area contributed by atoms with Gasteiger partial charge in [-0.1, -0.05) is 26.7 Å². The second-order valence-corrected chi connectivity index (χ2v) is 6.21. The molecule has 0 unspecified atom stereocenters. The van der Waals surface area contributed by atoms with Gasteiger partial charge in [0.2, 0.25) is 0 Å². The summed E-state index contributed by atoms with van der Waals surface area (Å²) >= 11 is 0. The normalized spacial score (nSPS) is 34.8. The highest BCUT2D eigenvalue weighted by Crippen LogP contribution is 2.39. The molecular weight excluding hydrogens is 210 g/mol. The van der Waals surface area contributed by atoms with Crippen molar-refractivity contribution in [1.82, 2.24) is 4.90 Å². The zero-order chi connectivity index (χ0) is 12.3. The van der Waals surface area contributed by atoms with E-state index >= 15 is 0 Å². The average Bonchev–Trinajstić information content (AvgIpc) is 2.40. The summed E-state index contributed by atoms with van der Waals surface area (Å²) in [6.45, 7) is 7.30. The Morgan fingerprint density at radius 3 is 2.00 bits per heavy atom. The fourth-order valence-corrected chi connectivity index (χ4v) is 3.74. The van der Waals surface area contributed by atoms with E-state index in [4.69, 9.17) is 0 Å². The molecule has 0 aromatic heterocycles. The van der Waals surface area contributed by atoms with Crippen LogP contribution in [0.2, 0.25) is 0 Å². The van der Waals surface area contributed by atoms with Crippen LogP contribution in [0.4, 0.5) is 0 Å². The maximum absolute atomic E-state index is 9.57. The minimum atomic E-state index is -0.0126. The second-order valence-electron chi connectivity index (χ2n) is 6.21. The van der Waals surface area contributed by atoms with Crippen LogP contribution in [0.3, 0.4) is 0 Å². The number of hydrogen-bond acceptors (Lipinski definition) is 2. The van der Waals surface area contributed by atoms with Crippen molar-refractivity contribution in [2.24, 2.45) is 5.41 Å². The predicted octanol–water partition coefficient (Wildman–Crippen LogP) is 3.19. The fraction of sp³-hybridized carbons (Fsp3) is 1.00. The standard InChI is InChI=1S/C15H29NO/c1-3-15(4-2)9-11-16(12-10-15)13-5-7-14(17)8-6-13/h13-14,17H,3-12H2,1-2H3. The van der Waals surface area contributed by atoms with Gasteiger partial charge in [-0.25, -0.2) is 0 Å². The average molecular weight is 239 g/mol. The van der Waals surface area contributed by atoms with Gasteiger partial charge < -0.3 is 10.0 Å². The fourth-order valence-electron chi connectivity index (χ4n) is 3.74. The molecule has 0 bridgehead atoms. The lowest BCUT2D eigenvalue weighted by atomic mass is 9.73. The number of nitrogens with zero attached hydrogens (tertiary/aromatic N) is 1. The summed E-state index contributed by atoms with van der Waals surface area (Å²) in [7, 11) is 0. The molecule has 2 rings (SSSR count). The molecule has 1 heterocycles. The van der Waals surface area contributed by atoms with Gasteiger partial charge in [-0.3, -0.25) is 0 Å². The molecule has 1 saturated carbocycles. The Morgan fingerprint density at radius 2 is 1.53 bits per heavy atom. The van der Waals surface area contributed by atoms with Gasteiger partial charge in [0.15, 0.2) is 0 Å². The van der Waals surface area contributed by atoms with E-state index in [2.05, 4.69) is 18.7 Å². The van der Waals surface area contributed by atoms with Crippen LogP contribution < -0.4 is 0 Å². The summed E-state index contributed by atoms with van der Waals surface area (Å²) in [6.07, 6.45) is 9.93. The molecule has 2 fully saturated rings. The van der Waals surface area contributed by atoms with Gasteiger partial charge in [0, 0.05) is 6.04 Å². The Hall–Kier alpha value is -0.0800. The molecule has 17 heavy (non-hydrogen) atoms. The van der Waals surface area contributed by atoms with Gasteiger partial charge in [-0.15, -0.1) is 0 Å². The van der Waals surface area contributed by atoms with E-state index in [1.165, 1.54) is 51.6 Å². The molecule has 0 amide bonds.